The van der Waals surface area contributed by atoms with Crippen molar-refractivity contribution >= 4 is 5.69 Å². The number of benzene rings is 1. The Kier molecular flexibility index (Phi) is 4.49. The van der Waals surface area contributed by atoms with Crippen LogP contribution in [0.2, 0.25) is 0 Å². The average molecular weight is 214 g/mol. The van der Waals surface area contributed by atoms with Crippen LogP contribution in [0.25, 0.3) is 0 Å². The lowest BCUT2D eigenvalue weighted by Gasteiger charge is -2.19. The van der Waals surface area contributed by atoms with Gasteiger partial charge in [0.1, 0.15) is 11.6 Å². The fourth-order valence-corrected chi connectivity index (χ4v) is 1.40. The lowest BCUT2D eigenvalue weighted by atomic mass is 10.2. The van der Waals surface area contributed by atoms with E-state index in [9.17, 15) is 8.78 Å². The van der Waals surface area contributed by atoms with Gasteiger partial charge in [0.15, 0.2) is 0 Å². The smallest absolute Gasteiger partial charge is 0.149 e. The highest BCUT2D eigenvalue weighted by atomic mass is 19.1. The van der Waals surface area contributed by atoms with Gasteiger partial charge in [-0.15, -0.1) is 0 Å². The number of rotatable bonds is 5. The van der Waals surface area contributed by atoms with Crippen molar-refractivity contribution in [2.75, 3.05) is 32.1 Å². The number of hydrogen-bond acceptors (Lipinski definition) is 2. The van der Waals surface area contributed by atoms with Gasteiger partial charge in [0.2, 0.25) is 0 Å². The highest BCUT2D eigenvalue weighted by Gasteiger charge is 2.07. The van der Waals surface area contributed by atoms with Crippen molar-refractivity contribution < 1.29 is 8.78 Å². The van der Waals surface area contributed by atoms with E-state index in [-0.39, 0.29) is 0 Å². The normalized spacial score (nSPS) is 10.4. The summed E-state index contributed by atoms with van der Waals surface area (Å²) in [4.78, 5) is 1.78. The number of hydrogen-bond donors (Lipinski definition) is 1. The lowest BCUT2D eigenvalue weighted by molar-refractivity contribution is 0.579. The van der Waals surface area contributed by atoms with Crippen LogP contribution in [0, 0.1) is 11.6 Å². The van der Waals surface area contributed by atoms with E-state index in [0.29, 0.717) is 5.69 Å². The van der Waals surface area contributed by atoms with E-state index in [2.05, 4.69) is 5.32 Å². The molecule has 0 aliphatic rings. The molecule has 0 heterocycles. The summed E-state index contributed by atoms with van der Waals surface area (Å²) in [5, 5.41) is 3.02. The third-order valence-corrected chi connectivity index (χ3v) is 2.24. The van der Waals surface area contributed by atoms with Crippen molar-refractivity contribution in [3.63, 3.8) is 0 Å². The second-order valence-corrected chi connectivity index (χ2v) is 3.47. The summed E-state index contributed by atoms with van der Waals surface area (Å²) in [5.74, 6) is -1.05. The van der Waals surface area contributed by atoms with Gasteiger partial charge in [-0.25, -0.2) is 8.78 Å². The largest absolute Gasteiger partial charge is 0.372 e. The zero-order chi connectivity index (χ0) is 11.3. The maximum atomic E-state index is 13.3. The Hall–Kier alpha value is -1.16. The van der Waals surface area contributed by atoms with Crippen molar-refractivity contribution in [1.82, 2.24) is 5.32 Å². The van der Waals surface area contributed by atoms with Crippen molar-refractivity contribution in [2.45, 2.75) is 6.42 Å². The molecule has 84 valence electrons. The molecule has 1 aromatic carbocycles. The molecule has 0 amide bonds. The van der Waals surface area contributed by atoms with E-state index in [1.165, 1.54) is 12.1 Å². The predicted molar refractivity (Wildman–Crippen MR) is 58.2 cm³/mol. The van der Waals surface area contributed by atoms with Crippen LogP contribution in [0.4, 0.5) is 14.5 Å². The molecule has 0 spiro atoms. The standard InChI is InChI=1S/C11H16F2N2/c1-14-6-3-7-15(2)11-5-4-9(12)8-10(11)13/h4-5,8,14H,3,6-7H2,1-2H3. The van der Waals surface area contributed by atoms with Crippen molar-refractivity contribution in [3.05, 3.63) is 29.8 Å². The summed E-state index contributed by atoms with van der Waals surface area (Å²) in [5.41, 5.74) is 0.438. The Morgan fingerprint density at radius 3 is 2.67 bits per heavy atom. The topological polar surface area (TPSA) is 15.3 Å². The molecular weight excluding hydrogens is 198 g/mol. The number of halogens is 2. The summed E-state index contributed by atoms with van der Waals surface area (Å²) >= 11 is 0. The fourth-order valence-electron chi connectivity index (χ4n) is 1.40. The molecule has 0 radical (unpaired) electrons. The molecule has 0 fully saturated rings. The Labute approximate surface area is 88.9 Å². The van der Waals surface area contributed by atoms with Crippen LogP contribution in [0.15, 0.2) is 18.2 Å². The third-order valence-electron chi connectivity index (χ3n) is 2.24. The Morgan fingerprint density at radius 2 is 2.07 bits per heavy atom. The predicted octanol–water partition coefficient (Wildman–Crippen LogP) is 2.01. The van der Waals surface area contributed by atoms with E-state index in [1.807, 2.05) is 7.05 Å². The fraction of sp³-hybridized carbons (Fsp3) is 0.455. The minimum Gasteiger partial charge on any atom is -0.372 e. The second-order valence-electron chi connectivity index (χ2n) is 3.47. The van der Waals surface area contributed by atoms with Crippen molar-refractivity contribution in [1.29, 1.82) is 0 Å². The van der Waals surface area contributed by atoms with Crippen LogP contribution in [-0.2, 0) is 0 Å². The molecule has 0 saturated heterocycles. The molecular formula is C11H16F2N2. The minimum absolute atomic E-state index is 0.438. The van der Waals surface area contributed by atoms with Gasteiger partial charge in [0.05, 0.1) is 5.69 Å². The van der Waals surface area contributed by atoms with Crippen LogP contribution >= 0.6 is 0 Å². The molecule has 15 heavy (non-hydrogen) atoms. The van der Waals surface area contributed by atoms with Gasteiger partial charge in [-0.05, 0) is 32.1 Å². The maximum Gasteiger partial charge on any atom is 0.149 e. The first-order valence-corrected chi connectivity index (χ1v) is 4.96. The van der Waals surface area contributed by atoms with Crippen LogP contribution in [0.3, 0.4) is 0 Å². The van der Waals surface area contributed by atoms with Gasteiger partial charge in [0.25, 0.3) is 0 Å². The van der Waals surface area contributed by atoms with Crippen LogP contribution in [0.5, 0.6) is 0 Å². The Morgan fingerprint density at radius 1 is 1.33 bits per heavy atom. The van der Waals surface area contributed by atoms with Gasteiger partial charge in [-0.3, -0.25) is 0 Å². The quantitative estimate of drug-likeness (QED) is 0.754. The molecule has 0 unspecified atom stereocenters. The summed E-state index contributed by atoms with van der Waals surface area (Å²) < 4.78 is 26.0. The van der Waals surface area contributed by atoms with Gasteiger partial charge < -0.3 is 10.2 Å². The first-order valence-electron chi connectivity index (χ1n) is 4.96. The lowest BCUT2D eigenvalue weighted by Crippen LogP contribution is -2.23. The molecule has 0 aliphatic heterocycles. The van der Waals surface area contributed by atoms with Crippen LogP contribution in [-0.4, -0.2) is 27.2 Å². The highest BCUT2D eigenvalue weighted by Crippen LogP contribution is 2.18. The molecule has 1 N–H and O–H groups in total. The first kappa shape index (κ1) is 11.9. The number of nitrogens with zero attached hydrogens (tertiary/aromatic N) is 1. The maximum absolute atomic E-state index is 13.3. The SMILES string of the molecule is CNCCCN(C)c1ccc(F)cc1F. The molecule has 0 aliphatic carbocycles. The van der Waals surface area contributed by atoms with E-state index in [0.717, 1.165) is 25.6 Å². The van der Waals surface area contributed by atoms with Gasteiger partial charge in [0, 0.05) is 19.7 Å². The summed E-state index contributed by atoms with van der Waals surface area (Å²) in [6.07, 6.45) is 0.920. The Bertz CT molecular complexity index is 315. The molecule has 1 rings (SSSR count). The molecule has 1 aromatic rings. The zero-order valence-electron chi connectivity index (χ0n) is 9.06. The first-order chi connectivity index (χ1) is 7.15. The van der Waals surface area contributed by atoms with Gasteiger partial charge >= 0.3 is 0 Å². The third kappa shape index (κ3) is 3.47. The van der Waals surface area contributed by atoms with E-state index < -0.39 is 11.6 Å². The summed E-state index contributed by atoms with van der Waals surface area (Å²) in [6, 6.07) is 3.64. The molecule has 0 aromatic heterocycles. The van der Waals surface area contributed by atoms with E-state index in [1.54, 1.807) is 11.9 Å². The van der Waals surface area contributed by atoms with Crippen LogP contribution < -0.4 is 10.2 Å². The van der Waals surface area contributed by atoms with Gasteiger partial charge in [-0.2, -0.15) is 0 Å². The molecule has 4 heteroatoms. The average Bonchev–Trinajstić information content (AvgIpc) is 2.17. The number of anilines is 1. The summed E-state index contributed by atoms with van der Waals surface area (Å²) in [7, 11) is 3.67. The summed E-state index contributed by atoms with van der Waals surface area (Å²) in [6.45, 7) is 1.62. The van der Waals surface area contributed by atoms with E-state index >= 15 is 0 Å². The Balaban J connectivity index is 2.61. The second kappa shape index (κ2) is 5.66. The minimum atomic E-state index is -0.542. The highest BCUT2D eigenvalue weighted by molar-refractivity contribution is 5.46. The molecule has 0 saturated carbocycles. The molecule has 0 bridgehead atoms. The number of nitrogens with one attached hydrogen (secondary N) is 1. The van der Waals surface area contributed by atoms with Crippen LogP contribution in [0.1, 0.15) is 6.42 Å². The molecule has 2 nitrogen and oxygen atoms in total. The molecule has 0 atom stereocenters. The monoisotopic (exact) mass is 214 g/mol. The van der Waals surface area contributed by atoms with E-state index in [4.69, 9.17) is 0 Å². The zero-order valence-corrected chi connectivity index (χ0v) is 9.06. The van der Waals surface area contributed by atoms with Gasteiger partial charge in [-0.1, -0.05) is 0 Å². The van der Waals surface area contributed by atoms with Crippen molar-refractivity contribution in [2.24, 2.45) is 0 Å². The van der Waals surface area contributed by atoms with Crippen molar-refractivity contribution in [3.8, 4) is 0 Å².